The van der Waals surface area contributed by atoms with E-state index < -0.39 is 11.5 Å². The van der Waals surface area contributed by atoms with Crippen molar-refractivity contribution >= 4 is 22.6 Å². The van der Waals surface area contributed by atoms with Crippen LogP contribution in [0, 0.1) is 13.8 Å². The largest absolute Gasteiger partial charge is 0.494 e. The van der Waals surface area contributed by atoms with Gasteiger partial charge in [-0.25, -0.2) is 4.79 Å². The van der Waals surface area contributed by atoms with E-state index in [9.17, 15) is 9.59 Å². The van der Waals surface area contributed by atoms with Crippen LogP contribution in [0.2, 0.25) is 0 Å². The standard InChI is InChI=1S/C20H19NO4/c1-4-24-15-7-8-18-14(10-15)11-16(20(23)25-18)19(22)21-17-9-12(2)5-6-13(17)3/h5-11H,4H2,1-3H3,(H,21,22). The number of aryl methyl sites for hydroxylation is 2. The molecular formula is C20H19NO4. The second-order valence-electron chi connectivity index (χ2n) is 5.85. The molecule has 0 saturated carbocycles. The van der Waals surface area contributed by atoms with E-state index in [1.807, 2.05) is 39.0 Å². The number of hydrogen-bond donors (Lipinski definition) is 1. The Morgan fingerprint density at radius 3 is 2.68 bits per heavy atom. The molecule has 0 bridgehead atoms. The van der Waals surface area contributed by atoms with E-state index in [1.165, 1.54) is 6.07 Å². The predicted octanol–water partition coefficient (Wildman–Crippen LogP) is 4.06. The van der Waals surface area contributed by atoms with Crippen LogP contribution in [0.1, 0.15) is 28.4 Å². The summed E-state index contributed by atoms with van der Waals surface area (Å²) in [5.74, 6) is 0.163. The summed E-state index contributed by atoms with van der Waals surface area (Å²) < 4.78 is 10.7. The Labute approximate surface area is 145 Å². The molecule has 25 heavy (non-hydrogen) atoms. The molecule has 3 aromatic rings. The molecule has 0 unspecified atom stereocenters. The van der Waals surface area contributed by atoms with Crippen LogP contribution in [0.3, 0.4) is 0 Å². The monoisotopic (exact) mass is 337 g/mol. The molecule has 0 aliphatic carbocycles. The zero-order chi connectivity index (χ0) is 18.0. The van der Waals surface area contributed by atoms with Crippen molar-refractivity contribution < 1.29 is 13.9 Å². The van der Waals surface area contributed by atoms with Gasteiger partial charge in [-0.1, -0.05) is 12.1 Å². The smallest absolute Gasteiger partial charge is 0.349 e. The number of carbonyl (C=O) groups is 1. The first-order valence-electron chi connectivity index (χ1n) is 8.07. The number of ether oxygens (including phenoxy) is 1. The summed E-state index contributed by atoms with van der Waals surface area (Å²) in [6, 6.07) is 12.4. The van der Waals surface area contributed by atoms with Gasteiger partial charge in [0, 0.05) is 11.1 Å². The minimum absolute atomic E-state index is 0.0398. The second kappa shape index (κ2) is 6.81. The van der Waals surface area contributed by atoms with Gasteiger partial charge < -0.3 is 14.5 Å². The SMILES string of the molecule is CCOc1ccc2oc(=O)c(C(=O)Nc3cc(C)ccc3C)cc2c1. The number of fused-ring (bicyclic) bond motifs is 1. The zero-order valence-electron chi connectivity index (χ0n) is 14.4. The topological polar surface area (TPSA) is 68.5 Å². The van der Waals surface area contributed by atoms with Crippen molar-refractivity contribution in [2.75, 3.05) is 11.9 Å². The maximum absolute atomic E-state index is 12.6. The fraction of sp³-hybridized carbons (Fsp3) is 0.200. The third-order valence-corrected chi connectivity index (χ3v) is 3.90. The van der Waals surface area contributed by atoms with E-state index in [1.54, 1.807) is 18.2 Å². The first kappa shape index (κ1) is 16.8. The molecule has 0 aliphatic rings. The first-order valence-corrected chi connectivity index (χ1v) is 8.07. The highest BCUT2D eigenvalue weighted by Crippen LogP contribution is 2.22. The summed E-state index contributed by atoms with van der Waals surface area (Å²) in [5.41, 5.74) is 2.32. The van der Waals surface area contributed by atoms with Gasteiger partial charge >= 0.3 is 5.63 Å². The number of nitrogens with one attached hydrogen (secondary N) is 1. The van der Waals surface area contributed by atoms with Gasteiger partial charge in [0.15, 0.2) is 0 Å². The van der Waals surface area contributed by atoms with E-state index in [4.69, 9.17) is 9.15 Å². The third-order valence-electron chi connectivity index (χ3n) is 3.90. The van der Waals surface area contributed by atoms with Gasteiger partial charge in [-0.2, -0.15) is 0 Å². The van der Waals surface area contributed by atoms with Gasteiger partial charge in [0.2, 0.25) is 0 Å². The summed E-state index contributed by atoms with van der Waals surface area (Å²) in [6.45, 7) is 6.25. The Balaban J connectivity index is 1.98. The van der Waals surface area contributed by atoms with Gasteiger partial charge in [0.1, 0.15) is 16.9 Å². The lowest BCUT2D eigenvalue weighted by atomic mass is 10.1. The quantitative estimate of drug-likeness (QED) is 0.729. The van der Waals surface area contributed by atoms with E-state index in [2.05, 4.69) is 5.32 Å². The molecule has 5 heteroatoms. The van der Waals surface area contributed by atoms with Crippen LogP contribution < -0.4 is 15.7 Å². The lowest BCUT2D eigenvalue weighted by molar-refractivity contribution is 0.102. The summed E-state index contributed by atoms with van der Waals surface area (Å²) in [7, 11) is 0. The van der Waals surface area contributed by atoms with E-state index in [-0.39, 0.29) is 5.56 Å². The van der Waals surface area contributed by atoms with Crippen molar-refractivity contribution in [2.24, 2.45) is 0 Å². The Bertz CT molecular complexity index is 1000. The number of carbonyl (C=O) groups excluding carboxylic acids is 1. The van der Waals surface area contributed by atoms with Crippen LogP contribution in [0.5, 0.6) is 5.75 Å². The molecule has 0 atom stereocenters. The Morgan fingerprint density at radius 2 is 1.92 bits per heavy atom. The maximum atomic E-state index is 12.6. The molecule has 0 aliphatic heterocycles. The average molecular weight is 337 g/mol. The molecule has 5 nitrogen and oxygen atoms in total. The molecule has 3 rings (SSSR count). The normalized spacial score (nSPS) is 10.7. The highest BCUT2D eigenvalue weighted by molar-refractivity contribution is 6.05. The van der Waals surface area contributed by atoms with Crippen molar-refractivity contribution in [3.8, 4) is 5.75 Å². The van der Waals surface area contributed by atoms with Crippen LogP contribution in [-0.2, 0) is 0 Å². The van der Waals surface area contributed by atoms with Gasteiger partial charge in [-0.05, 0) is 62.2 Å². The van der Waals surface area contributed by atoms with Crippen molar-refractivity contribution in [1.29, 1.82) is 0 Å². The highest BCUT2D eigenvalue weighted by Gasteiger charge is 2.15. The molecule has 1 N–H and O–H groups in total. The van der Waals surface area contributed by atoms with E-state index in [0.717, 1.165) is 11.1 Å². The van der Waals surface area contributed by atoms with Gasteiger partial charge in [-0.15, -0.1) is 0 Å². The lowest BCUT2D eigenvalue weighted by Gasteiger charge is -2.09. The molecule has 1 aromatic heterocycles. The van der Waals surface area contributed by atoms with Crippen LogP contribution >= 0.6 is 0 Å². The molecule has 128 valence electrons. The first-order chi connectivity index (χ1) is 12.0. The Morgan fingerprint density at radius 1 is 1.12 bits per heavy atom. The minimum atomic E-state index is -0.667. The van der Waals surface area contributed by atoms with Crippen LogP contribution in [0.15, 0.2) is 51.7 Å². The second-order valence-corrected chi connectivity index (χ2v) is 5.85. The third kappa shape index (κ3) is 3.55. The van der Waals surface area contributed by atoms with Crippen molar-refractivity contribution in [3.05, 3.63) is 69.6 Å². The fourth-order valence-electron chi connectivity index (χ4n) is 2.58. The molecule has 0 radical (unpaired) electrons. The Hall–Kier alpha value is -3.08. The number of benzene rings is 2. The van der Waals surface area contributed by atoms with E-state index in [0.29, 0.717) is 29.0 Å². The van der Waals surface area contributed by atoms with E-state index >= 15 is 0 Å². The minimum Gasteiger partial charge on any atom is -0.494 e. The molecule has 1 heterocycles. The zero-order valence-corrected chi connectivity index (χ0v) is 14.4. The summed E-state index contributed by atoms with van der Waals surface area (Å²) in [5, 5.41) is 3.42. The molecule has 0 saturated heterocycles. The Kier molecular flexibility index (Phi) is 4.57. The summed E-state index contributed by atoms with van der Waals surface area (Å²) in [6.07, 6.45) is 0. The predicted molar refractivity (Wildman–Crippen MR) is 97.5 cm³/mol. The van der Waals surface area contributed by atoms with Gasteiger partial charge in [0.25, 0.3) is 5.91 Å². The fourth-order valence-corrected chi connectivity index (χ4v) is 2.58. The van der Waals surface area contributed by atoms with Crippen molar-refractivity contribution in [1.82, 2.24) is 0 Å². The summed E-state index contributed by atoms with van der Waals surface area (Å²) >= 11 is 0. The van der Waals surface area contributed by atoms with Crippen LogP contribution in [0.25, 0.3) is 11.0 Å². The van der Waals surface area contributed by atoms with Crippen LogP contribution in [0.4, 0.5) is 5.69 Å². The van der Waals surface area contributed by atoms with Crippen LogP contribution in [-0.4, -0.2) is 12.5 Å². The maximum Gasteiger partial charge on any atom is 0.349 e. The molecule has 2 aromatic carbocycles. The molecule has 0 spiro atoms. The lowest BCUT2D eigenvalue weighted by Crippen LogP contribution is -2.21. The molecule has 1 amide bonds. The summed E-state index contributed by atoms with van der Waals surface area (Å²) in [4.78, 5) is 24.7. The highest BCUT2D eigenvalue weighted by atomic mass is 16.5. The number of hydrogen-bond acceptors (Lipinski definition) is 4. The molecule has 0 fully saturated rings. The molecular weight excluding hydrogens is 318 g/mol. The van der Waals surface area contributed by atoms with Gasteiger partial charge in [-0.3, -0.25) is 4.79 Å². The number of anilines is 1. The number of amides is 1. The van der Waals surface area contributed by atoms with Crippen molar-refractivity contribution in [3.63, 3.8) is 0 Å². The average Bonchev–Trinajstić information content (AvgIpc) is 2.58. The number of rotatable bonds is 4. The van der Waals surface area contributed by atoms with Gasteiger partial charge in [0.05, 0.1) is 6.61 Å². The van der Waals surface area contributed by atoms with Crippen molar-refractivity contribution in [2.45, 2.75) is 20.8 Å².